The summed E-state index contributed by atoms with van der Waals surface area (Å²) in [6.45, 7) is 14.0. The van der Waals surface area contributed by atoms with Crippen molar-refractivity contribution in [3.8, 4) is 0 Å². The Morgan fingerprint density at radius 3 is 2.74 bits per heavy atom. The minimum absolute atomic E-state index is 0.313. The third-order valence-corrected chi connectivity index (χ3v) is 2.71. The first-order valence-corrected chi connectivity index (χ1v) is 7.10. The van der Waals surface area contributed by atoms with Gasteiger partial charge in [-0.05, 0) is 24.3 Å². The van der Waals surface area contributed by atoms with Gasteiger partial charge >= 0.3 is 0 Å². The van der Waals surface area contributed by atoms with Crippen LogP contribution in [-0.2, 0) is 17.9 Å². The van der Waals surface area contributed by atoms with Gasteiger partial charge in [0.25, 0.3) is 0 Å². The maximum Gasteiger partial charge on any atom is 0.162 e. The summed E-state index contributed by atoms with van der Waals surface area (Å²) in [5.74, 6) is 1.45. The maximum atomic E-state index is 5.60. The van der Waals surface area contributed by atoms with E-state index in [0.717, 1.165) is 37.6 Å². The maximum absolute atomic E-state index is 5.60. The van der Waals surface area contributed by atoms with Gasteiger partial charge in [-0.25, -0.2) is 0 Å². The molecule has 1 rings (SSSR count). The van der Waals surface area contributed by atoms with Gasteiger partial charge in [0.15, 0.2) is 5.76 Å². The largest absolute Gasteiger partial charge is 0.373 e. The van der Waals surface area contributed by atoms with Gasteiger partial charge in [-0.2, -0.15) is 0 Å². The average molecular weight is 268 g/mol. The van der Waals surface area contributed by atoms with Crippen molar-refractivity contribution in [2.75, 3.05) is 13.2 Å². The zero-order chi connectivity index (χ0) is 14.3. The van der Waals surface area contributed by atoms with Crippen molar-refractivity contribution in [2.24, 2.45) is 11.3 Å². The normalized spacial score (nSPS) is 12.3. The van der Waals surface area contributed by atoms with Gasteiger partial charge in [0, 0.05) is 19.2 Å². The molecule has 0 amide bonds. The Kier molecular flexibility index (Phi) is 6.52. The van der Waals surface area contributed by atoms with Crippen LogP contribution in [0.5, 0.6) is 0 Å². The molecule has 4 heteroatoms. The van der Waals surface area contributed by atoms with Gasteiger partial charge in [0.1, 0.15) is 6.61 Å². The number of nitrogens with one attached hydrogen (secondary N) is 1. The minimum Gasteiger partial charge on any atom is -0.373 e. The van der Waals surface area contributed by atoms with Gasteiger partial charge in [0.2, 0.25) is 0 Å². The lowest BCUT2D eigenvalue weighted by atomic mass is 9.93. The monoisotopic (exact) mass is 268 g/mol. The van der Waals surface area contributed by atoms with Crippen molar-refractivity contribution < 1.29 is 9.26 Å². The average Bonchev–Trinajstić information content (AvgIpc) is 2.71. The molecule has 4 nitrogen and oxygen atoms in total. The van der Waals surface area contributed by atoms with Crippen molar-refractivity contribution in [1.29, 1.82) is 0 Å². The van der Waals surface area contributed by atoms with Gasteiger partial charge < -0.3 is 14.6 Å². The summed E-state index contributed by atoms with van der Waals surface area (Å²) in [5, 5.41) is 7.36. The number of aromatic nitrogens is 1. The van der Waals surface area contributed by atoms with Crippen molar-refractivity contribution >= 4 is 0 Å². The van der Waals surface area contributed by atoms with Crippen LogP contribution in [0.25, 0.3) is 0 Å². The molecular formula is C15H28N2O2. The predicted molar refractivity (Wildman–Crippen MR) is 76.8 cm³/mol. The second-order valence-corrected chi connectivity index (χ2v) is 6.67. The van der Waals surface area contributed by atoms with Gasteiger partial charge in [0.05, 0.1) is 5.69 Å². The Hall–Kier alpha value is -0.870. The Bertz CT molecular complexity index is 353. The number of hydrogen-bond acceptors (Lipinski definition) is 4. The predicted octanol–water partition coefficient (Wildman–Crippen LogP) is 3.37. The summed E-state index contributed by atoms with van der Waals surface area (Å²) in [5.41, 5.74) is 1.25. The number of ether oxygens (including phenoxy) is 1. The van der Waals surface area contributed by atoms with E-state index in [-0.39, 0.29) is 0 Å². The van der Waals surface area contributed by atoms with E-state index in [1.54, 1.807) is 0 Å². The second kappa shape index (κ2) is 7.65. The second-order valence-electron chi connectivity index (χ2n) is 6.67. The van der Waals surface area contributed by atoms with Gasteiger partial charge in [-0.15, -0.1) is 0 Å². The van der Waals surface area contributed by atoms with Crippen LogP contribution in [-0.4, -0.2) is 18.3 Å². The molecule has 0 saturated carbocycles. The fraction of sp³-hybridized carbons (Fsp3) is 0.800. The molecule has 0 atom stereocenters. The van der Waals surface area contributed by atoms with Crippen LogP contribution in [0.15, 0.2) is 10.6 Å². The molecule has 1 N–H and O–H groups in total. The molecule has 0 aliphatic heterocycles. The molecule has 0 aromatic carbocycles. The quantitative estimate of drug-likeness (QED) is 0.734. The summed E-state index contributed by atoms with van der Waals surface area (Å²) in [7, 11) is 0. The number of hydrogen-bond donors (Lipinski definition) is 1. The lowest BCUT2D eigenvalue weighted by molar-refractivity contribution is 0.0805. The lowest BCUT2D eigenvalue weighted by Crippen LogP contribution is -2.19. The SMILES string of the molecule is CC(C)CNCc1cc(COCCC(C)(C)C)on1. The Morgan fingerprint density at radius 2 is 2.11 bits per heavy atom. The summed E-state index contributed by atoms with van der Waals surface area (Å²) in [6.07, 6.45) is 1.05. The topological polar surface area (TPSA) is 47.3 Å². The van der Waals surface area contributed by atoms with Crippen LogP contribution >= 0.6 is 0 Å². The number of nitrogens with zero attached hydrogens (tertiary/aromatic N) is 1. The highest BCUT2D eigenvalue weighted by molar-refractivity contribution is 5.04. The highest BCUT2D eigenvalue weighted by Crippen LogP contribution is 2.18. The van der Waals surface area contributed by atoms with Crippen LogP contribution in [0.2, 0.25) is 0 Å². The van der Waals surface area contributed by atoms with Crippen LogP contribution in [0.4, 0.5) is 0 Å². The highest BCUT2D eigenvalue weighted by Gasteiger charge is 2.10. The van der Waals surface area contributed by atoms with E-state index in [9.17, 15) is 0 Å². The molecule has 110 valence electrons. The van der Waals surface area contributed by atoms with E-state index < -0.39 is 0 Å². The molecule has 1 aromatic rings. The van der Waals surface area contributed by atoms with Crippen LogP contribution in [0, 0.1) is 11.3 Å². The van der Waals surface area contributed by atoms with E-state index in [2.05, 4.69) is 45.1 Å². The molecule has 0 aliphatic carbocycles. The van der Waals surface area contributed by atoms with Crippen molar-refractivity contribution in [1.82, 2.24) is 10.5 Å². The fourth-order valence-electron chi connectivity index (χ4n) is 1.55. The summed E-state index contributed by atoms with van der Waals surface area (Å²) in [4.78, 5) is 0. The number of rotatable bonds is 8. The molecular weight excluding hydrogens is 240 g/mol. The molecule has 0 bridgehead atoms. The van der Waals surface area contributed by atoms with E-state index in [1.165, 1.54) is 0 Å². The van der Waals surface area contributed by atoms with Gasteiger partial charge in [-0.1, -0.05) is 39.8 Å². The Balaban J connectivity index is 2.19. The zero-order valence-corrected chi connectivity index (χ0v) is 13.0. The molecule has 0 radical (unpaired) electrons. The first-order chi connectivity index (χ1) is 8.87. The zero-order valence-electron chi connectivity index (χ0n) is 13.0. The van der Waals surface area contributed by atoms with Crippen molar-refractivity contribution in [3.05, 3.63) is 17.5 Å². The van der Waals surface area contributed by atoms with Crippen LogP contribution < -0.4 is 5.32 Å². The van der Waals surface area contributed by atoms with Crippen LogP contribution in [0.3, 0.4) is 0 Å². The summed E-state index contributed by atoms with van der Waals surface area (Å²) < 4.78 is 10.8. The fourth-order valence-corrected chi connectivity index (χ4v) is 1.55. The molecule has 19 heavy (non-hydrogen) atoms. The standard InChI is InChI=1S/C15H28N2O2/c1-12(2)9-16-10-13-8-14(19-17-13)11-18-7-6-15(3,4)5/h8,12,16H,6-7,9-11H2,1-5H3. The third-order valence-electron chi connectivity index (χ3n) is 2.71. The Morgan fingerprint density at radius 1 is 1.37 bits per heavy atom. The van der Waals surface area contributed by atoms with E-state index in [1.807, 2.05) is 6.07 Å². The lowest BCUT2D eigenvalue weighted by Gasteiger charge is -2.17. The molecule has 0 fully saturated rings. The molecule has 1 aromatic heterocycles. The minimum atomic E-state index is 0.313. The Labute approximate surface area is 116 Å². The molecule has 0 saturated heterocycles. The molecule has 0 spiro atoms. The van der Waals surface area contributed by atoms with E-state index in [0.29, 0.717) is 17.9 Å². The third kappa shape index (κ3) is 8.01. The highest BCUT2D eigenvalue weighted by atomic mass is 16.5. The first-order valence-electron chi connectivity index (χ1n) is 7.10. The van der Waals surface area contributed by atoms with E-state index >= 15 is 0 Å². The summed E-state index contributed by atoms with van der Waals surface area (Å²) in [6, 6.07) is 1.96. The smallest absolute Gasteiger partial charge is 0.162 e. The van der Waals surface area contributed by atoms with E-state index in [4.69, 9.17) is 9.26 Å². The first kappa shape index (κ1) is 16.2. The van der Waals surface area contributed by atoms with Crippen molar-refractivity contribution in [2.45, 2.75) is 54.2 Å². The molecule has 1 heterocycles. The van der Waals surface area contributed by atoms with Gasteiger partial charge in [-0.3, -0.25) is 0 Å². The van der Waals surface area contributed by atoms with Crippen LogP contribution in [0.1, 0.15) is 52.5 Å². The van der Waals surface area contributed by atoms with Crippen molar-refractivity contribution in [3.63, 3.8) is 0 Å². The summed E-state index contributed by atoms with van der Waals surface area (Å²) >= 11 is 0. The molecule has 0 unspecified atom stereocenters. The molecule has 0 aliphatic rings.